The van der Waals surface area contributed by atoms with Crippen molar-refractivity contribution < 1.29 is 23.9 Å². The summed E-state index contributed by atoms with van der Waals surface area (Å²) in [5, 5.41) is 0. The van der Waals surface area contributed by atoms with Gasteiger partial charge in [-0.25, -0.2) is 4.79 Å². The molecule has 39 heavy (non-hydrogen) atoms. The highest BCUT2D eigenvalue weighted by atomic mass is 32.2. The van der Waals surface area contributed by atoms with Gasteiger partial charge in [-0.3, -0.25) is 9.59 Å². The van der Waals surface area contributed by atoms with Crippen LogP contribution in [0.25, 0.3) is 0 Å². The van der Waals surface area contributed by atoms with Crippen LogP contribution in [-0.2, 0) is 4.79 Å². The van der Waals surface area contributed by atoms with Crippen molar-refractivity contribution in [2.75, 3.05) is 19.3 Å². The first-order valence-electron chi connectivity index (χ1n) is 13.0. The lowest BCUT2D eigenvalue weighted by atomic mass is 9.81. The lowest BCUT2D eigenvalue weighted by Crippen LogP contribution is -2.36. The summed E-state index contributed by atoms with van der Waals surface area (Å²) >= 11 is 1.62. The predicted molar refractivity (Wildman–Crippen MR) is 154 cm³/mol. The number of carbonyl (C=O) groups is 3. The minimum atomic E-state index is -0.996. The largest absolute Gasteiger partial charge is 0.480 e. The van der Waals surface area contributed by atoms with Crippen molar-refractivity contribution in [3.8, 4) is 11.5 Å². The van der Waals surface area contributed by atoms with Crippen molar-refractivity contribution >= 4 is 29.4 Å². The van der Waals surface area contributed by atoms with Crippen LogP contribution in [0.4, 0.5) is 4.79 Å². The maximum Gasteiger partial charge on any atom is 0.415 e. The van der Waals surface area contributed by atoms with Gasteiger partial charge in [0.1, 0.15) is 11.5 Å². The van der Waals surface area contributed by atoms with E-state index in [2.05, 4.69) is 0 Å². The second-order valence-electron chi connectivity index (χ2n) is 10.5. The molecule has 3 aromatic rings. The Kier molecular flexibility index (Phi) is 8.50. The van der Waals surface area contributed by atoms with Gasteiger partial charge >= 0.3 is 6.09 Å². The maximum atomic E-state index is 13.9. The minimum absolute atomic E-state index is 0.0193. The third kappa shape index (κ3) is 6.19. The number of hydrogen-bond acceptors (Lipinski definition) is 6. The fourth-order valence-electron chi connectivity index (χ4n) is 4.89. The Morgan fingerprint density at radius 3 is 2.21 bits per heavy atom. The number of nitrogens with zero attached hydrogens (tertiary/aromatic N) is 1. The Labute approximate surface area is 234 Å². The number of hydrogen-bond donors (Lipinski definition) is 0. The molecule has 1 aliphatic rings. The van der Waals surface area contributed by atoms with Crippen molar-refractivity contribution in [3.63, 3.8) is 0 Å². The number of amides is 1. The fraction of sp³-hybridized carbons (Fsp3) is 0.344. The second kappa shape index (κ2) is 11.7. The molecule has 0 aromatic heterocycles. The Morgan fingerprint density at radius 2 is 1.59 bits per heavy atom. The number of benzene rings is 3. The molecule has 1 heterocycles. The number of para-hydroxylation sites is 1. The minimum Gasteiger partial charge on any atom is -0.480 e. The molecule has 3 aromatic carbocycles. The lowest BCUT2D eigenvalue weighted by Gasteiger charge is -2.28. The van der Waals surface area contributed by atoms with Crippen LogP contribution in [0.5, 0.6) is 11.5 Å². The molecule has 0 bridgehead atoms. The van der Waals surface area contributed by atoms with Crippen molar-refractivity contribution in [2.24, 2.45) is 5.92 Å². The van der Waals surface area contributed by atoms with Gasteiger partial charge in [-0.1, -0.05) is 42.5 Å². The molecule has 1 amide bonds. The topological polar surface area (TPSA) is 72.9 Å². The molecule has 1 aliphatic heterocycles. The van der Waals surface area contributed by atoms with Crippen molar-refractivity contribution in [1.29, 1.82) is 0 Å². The summed E-state index contributed by atoms with van der Waals surface area (Å²) in [6, 6.07) is 20.5. The monoisotopic (exact) mass is 545 g/mol. The standard InChI is InChI=1S/C32H35NO5S/c1-20-12-17-26(21(2)30(20)38-32(4,5)22(3)34)27-18-33(31(36)37-24-10-8-7-9-11-24)19-28(27)29(35)23-13-15-25(39-6)16-14-23/h7-17,27-28H,18-19H2,1-6H3. The van der Waals surface area contributed by atoms with Crippen LogP contribution in [-0.4, -0.2) is 47.5 Å². The van der Waals surface area contributed by atoms with Crippen LogP contribution >= 0.6 is 11.8 Å². The van der Waals surface area contributed by atoms with Gasteiger partial charge in [0.15, 0.2) is 17.2 Å². The first-order valence-corrected chi connectivity index (χ1v) is 14.2. The summed E-state index contributed by atoms with van der Waals surface area (Å²) in [7, 11) is 0. The number of ether oxygens (including phenoxy) is 2. The smallest absolute Gasteiger partial charge is 0.415 e. The number of likely N-dealkylation sites (tertiary alicyclic amines) is 1. The van der Waals surface area contributed by atoms with E-state index in [1.54, 1.807) is 54.8 Å². The highest BCUT2D eigenvalue weighted by Crippen LogP contribution is 2.41. The molecular formula is C32H35NO5S. The normalized spacial score (nSPS) is 17.1. The van der Waals surface area contributed by atoms with Crippen molar-refractivity contribution in [2.45, 2.75) is 51.0 Å². The molecule has 0 N–H and O–H groups in total. The van der Waals surface area contributed by atoms with Gasteiger partial charge in [0.25, 0.3) is 0 Å². The third-order valence-electron chi connectivity index (χ3n) is 7.49. The molecule has 6 nitrogen and oxygen atoms in total. The average Bonchev–Trinajstić information content (AvgIpc) is 3.36. The molecule has 2 unspecified atom stereocenters. The summed E-state index contributed by atoms with van der Waals surface area (Å²) in [5.41, 5.74) is 2.30. The van der Waals surface area contributed by atoms with Crippen LogP contribution < -0.4 is 9.47 Å². The average molecular weight is 546 g/mol. The van der Waals surface area contributed by atoms with E-state index < -0.39 is 17.6 Å². The molecule has 0 aliphatic carbocycles. The molecule has 0 radical (unpaired) electrons. The van der Waals surface area contributed by atoms with Crippen molar-refractivity contribution in [3.05, 3.63) is 89.0 Å². The Bertz CT molecular complexity index is 1370. The van der Waals surface area contributed by atoms with Crippen molar-refractivity contribution in [1.82, 2.24) is 4.90 Å². The molecular weight excluding hydrogens is 510 g/mol. The van der Waals surface area contributed by atoms with Crippen LogP contribution in [0.3, 0.4) is 0 Å². The summed E-state index contributed by atoms with van der Waals surface area (Å²) in [6.07, 6.45) is 1.51. The van der Waals surface area contributed by atoms with Crippen LogP contribution in [0.15, 0.2) is 71.6 Å². The number of ketones is 2. The van der Waals surface area contributed by atoms with Crippen LogP contribution in [0, 0.1) is 19.8 Å². The summed E-state index contributed by atoms with van der Waals surface area (Å²) in [5.74, 6) is 0.245. The van der Waals surface area contributed by atoms with Gasteiger partial charge in [0.2, 0.25) is 0 Å². The van der Waals surface area contributed by atoms with Gasteiger partial charge in [0, 0.05) is 35.4 Å². The highest BCUT2D eigenvalue weighted by molar-refractivity contribution is 7.98. The molecule has 204 valence electrons. The SMILES string of the molecule is CSc1ccc(C(=O)C2CN(C(=O)Oc3ccccc3)CC2c2ccc(C)c(OC(C)(C)C(C)=O)c2C)cc1. The van der Waals surface area contributed by atoms with Crippen LogP contribution in [0.2, 0.25) is 0 Å². The Balaban J connectivity index is 1.71. The predicted octanol–water partition coefficient (Wildman–Crippen LogP) is 6.87. The number of rotatable bonds is 8. The number of aryl methyl sites for hydroxylation is 1. The fourth-order valence-corrected chi connectivity index (χ4v) is 5.29. The number of thioether (sulfide) groups is 1. The molecule has 4 rings (SSSR count). The zero-order chi connectivity index (χ0) is 28.3. The molecule has 1 fully saturated rings. The Morgan fingerprint density at radius 1 is 0.923 bits per heavy atom. The van der Waals surface area contributed by atoms with Gasteiger partial charge in [-0.15, -0.1) is 11.8 Å². The van der Waals surface area contributed by atoms with E-state index >= 15 is 0 Å². The maximum absolute atomic E-state index is 13.9. The number of Topliss-reactive ketones (excluding diaryl/α,β-unsaturated/α-hetero) is 2. The first-order chi connectivity index (χ1) is 18.5. The molecule has 7 heteroatoms. The van der Waals surface area contributed by atoms with Gasteiger partial charge in [-0.2, -0.15) is 0 Å². The van der Waals surface area contributed by atoms with Gasteiger partial charge in [-0.05, 0) is 81.8 Å². The summed E-state index contributed by atoms with van der Waals surface area (Å²) < 4.78 is 11.9. The van der Waals surface area contributed by atoms with Crippen LogP contribution in [0.1, 0.15) is 53.7 Å². The van der Waals surface area contributed by atoms with Gasteiger partial charge < -0.3 is 14.4 Å². The van der Waals surface area contributed by atoms with E-state index in [1.807, 2.05) is 62.6 Å². The molecule has 0 spiro atoms. The van der Waals surface area contributed by atoms with E-state index in [0.717, 1.165) is 21.6 Å². The van der Waals surface area contributed by atoms with E-state index in [1.165, 1.54) is 6.92 Å². The van der Waals surface area contributed by atoms with E-state index in [9.17, 15) is 14.4 Å². The quantitative estimate of drug-likeness (QED) is 0.227. The van der Waals surface area contributed by atoms with Gasteiger partial charge in [0.05, 0.1) is 0 Å². The summed E-state index contributed by atoms with van der Waals surface area (Å²) in [4.78, 5) is 42.0. The summed E-state index contributed by atoms with van der Waals surface area (Å²) in [6.45, 7) is 9.47. The molecule has 1 saturated heterocycles. The zero-order valence-corrected chi connectivity index (χ0v) is 24.1. The highest BCUT2D eigenvalue weighted by Gasteiger charge is 2.42. The zero-order valence-electron chi connectivity index (χ0n) is 23.3. The Hall–Kier alpha value is -3.58. The third-order valence-corrected chi connectivity index (χ3v) is 8.23. The molecule has 2 atom stereocenters. The lowest BCUT2D eigenvalue weighted by molar-refractivity contribution is -0.129. The molecule has 0 saturated carbocycles. The first kappa shape index (κ1) is 28.4. The second-order valence-corrected chi connectivity index (χ2v) is 11.4. The van der Waals surface area contributed by atoms with E-state index in [0.29, 0.717) is 23.6 Å². The number of carbonyl (C=O) groups excluding carboxylic acids is 3. The van der Waals surface area contributed by atoms with E-state index in [-0.39, 0.29) is 24.0 Å². The van der Waals surface area contributed by atoms with E-state index in [4.69, 9.17) is 9.47 Å².